The molecule has 3 nitrogen and oxygen atoms in total. The van der Waals surface area contributed by atoms with Crippen LogP contribution in [0.1, 0.15) is 44.9 Å². The van der Waals surface area contributed by atoms with Gasteiger partial charge in [-0.05, 0) is 31.0 Å². The molecule has 0 aliphatic heterocycles. The predicted octanol–water partition coefficient (Wildman–Crippen LogP) is 3.43. The fourth-order valence-electron chi connectivity index (χ4n) is 2.59. The van der Waals surface area contributed by atoms with E-state index in [4.69, 9.17) is 5.73 Å². The molecule has 0 aliphatic rings. The second-order valence-corrected chi connectivity index (χ2v) is 4.98. The van der Waals surface area contributed by atoms with E-state index in [1.807, 2.05) is 0 Å². The van der Waals surface area contributed by atoms with E-state index in [-0.39, 0.29) is 11.7 Å². The maximum absolute atomic E-state index is 13.4. The Labute approximate surface area is 113 Å². The smallest absolute Gasteiger partial charge is 0.125 e. The number of nitrogens with two attached hydrogens (primary N) is 1. The number of imidazole rings is 1. The molecule has 0 amide bonds. The van der Waals surface area contributed by atoms with Crippen molar-refractivity contribution in [1.82, 2.24) is 9.55 Å². The van der Waals surface area contributed by atoms with E-state index >= 15 is 0 Å². The Hall–Kier alpha value is -1.42. The van der Waals surface area contributed by atoms with Crippen molar-refractivity contribution in [1.29, 1.82) is 0 Å². The zero-order valence-corrected chi connectivity index (χ0v) is 11.7. The van der Waals surface area contributed by atoms with Crippen molar-refractivity contribution >= 4 is 11.0 Å². The van der Waals surface area contributed by atoms with Crippen LogP contribution < -0.4 is 5.73 Å². The first-order valence-corrected chi connectivity index (χ1v) is 7.07. The molecule has 19 heavy (non-hydrogen) atoms. The molecule has 104 valence electrons. The molecule has 0 saturated carbocycles. The molecule has 2 N–H and O–H groups in total. The summed E-state index contributed by atoms with van der Waals surface area (Å²) in [6, 6.07) is 4.79. The summed E-state index contributed by atoms with van der Waals surface area (Å²) in [7, 11) is 0. The third-order valence-electron chi connectivity index (χ3n) is 3.47. The van der Waals surface area contributed by atoms with Crippen molar-refractivity contribution in [2.45, 2.75) is 45.6 Å². The maximum Gasteiger partial charge on any atom is 0.125 e. The minimum atomic E-state index is -0.212. The summed E-state index contributed by atoms with van der Waals surface area (Å²) in [5.41, 5.74) is 7.62. The number of aryl methyl sites for hydroxylation is 1. The molecular formula is C15H22FN3. The van der Waals surface area contributed by atoms with Crippen LogP contribution in [0.15, 0.2) is 18.2 Å². The number of rotatable bonds is 6. The van der Waals surface area contributed by atoms with Gasteiger partial charge in [0.2, 0.25) is 0 Å². The second-order valence-electron chi connectivity index (χ2n) is 4.98. The van der Waals surface area contributed by atoms with E-state index < -0.39 is 0 Å². The SMILES string of the molecule is CCCC(CN)c1nc2ccc(F)cc2n1CCC. The number of fused-ring (bicyclic) bond motifs is 1. The fraction of sp³-hybridized carbons (Fsp3) is 0.533. The highest BCUT2D eigenvalue weighted by Gasteiger charge is 2.18. The summed E-state index contributed by atoms with van der Waals surface area (Å²) in [6.07, 6.45) is 3.09. The molecule has 0 fully saturated rings. The molecule has 1 unspecified atom stereocenters. The fourth-order valence-corrected chi connectivity index (χ4v) is 2.59. The molecule has 2 aromatic rings. The van der Waals surface area contributed by atoms with Crippen molar-refractivity contribution in [3.63, 3.8) is 0 Å². The van der Waals surface area contributed by atoms with E-state index in [1.165, 1.54) is 6.07 Å². The van der Waals surface area contributed by atoms with Gasteiger partial charge in [-0.2, -0.15) is 0 Å². The van der Waals surface area contributed by atoms with Crippen molar-refractivity contribution in [3.05, 3.63) is 29.8 Å². The number of hydrogen-bond donors (Lipinski definition) is 1. The summed E-state index contributed by atoms with van der Waals surface area (Å²) in [5.74, 6) is 1.05. The van der Waals surface area contributed by atoms with Crippen molar-refractivity contribution < 1.29 is 4.39 Å². The first-order chi connectivity index (χ1) is 9.21. The molecular weight excluding hydrogens is 241 g/mol. The van der Waals surface area contributed by atoms with Gasteiger partial charge in [0, 0.05) is 19.0 Å². The number of hydrogen-bond acceptors (Lipinski definition) is 2. The number of halogens is 1. The van der Waals surface area contributed by atoms with Crippen LogP contribution in [0.5, 0.6) is 0 Å². The van der Waals surface area contributed by atoms with Gasteiger partial charge in [-0.15, -0.1) is 0 Å². The Morgan fingerprint density at radius 3 is 2.74 bits per heavy atom. The topological polar surface area (TPSA) is 43.8 Å². The summed E-state index contributed by atoms with van der Waals surface area (Å²) in [6.45, 7) is 5.71. The van der Waals surface area contributed by atoms with Crippen LogP contribution in [0.3, 0.4) is 0 Å². The molecule has 1 aromatic heterocycles. The van der Waals surface area contributed by atoms with Gasteiger partial charge in [-0.25, -0.2) is 9.37 Å². The summed E-state index contributed by atoms with van der Waals surface area (Å²) in [5, 5.41) is 0. The Kier molecular flexibility index (Phi) is 4.53. The quantitative estimate of drug-likeness (QED) is 0.867. The lowest BCUT2D eigenvalue weighted by molar-refractivity contribution is 0.543. The zero-order valence-electron chi connectivity index (χ0n) is 11.7. The van der Waals surface area contributed by atoms with Crippen LogP contribution in [0, 0.1) is 5.82 Å². The lowest BCUT2D eigenvalue weighted by Gasteiger charge is -2.15. The highest BCUT2D eigenvalue weighted by molar-refractivity contribution is 5.76. The van der Waals surface area contributed by atoms with Gasteiger partial charge in [0.1, 0.15) is 11.6 Å². The Morgan fingerprint density at radius 2 is 2.11 bits per heavy atom. The minimum Gasteiger partial charge on any atom is -0.330 e. The molecule has 0 aliphatic carbocycles. The molecule has 1 atom stereocenters. The van der Waals surface area contributed by atoms with Crippen LogP contribution in [0.25, 0.3) is 11.0 Å². The molecule has 0 radical (unpaired) electrons. The third-order valence-corrected chi connectivity index (χ3v) is 3.47. The summed E-state index contributed by atoms with van der Waals surface area (Å²) < 4.78 is 15.6. The highest BCUT2D eigenvalue weighted by atomic mass is 19.1. The van der Waals surface area contributed by atoms with Gasteiger partial charge in [0.15, 0.2) is 0 Å². The van der Waals surface area contributed by atoms with Gasteiger partial charge in [0.25, 0.3) is 0 Å². The molecule has 0 saturated heterocycles. The number of benzene rings is 1. The van der Waals surface area contributed by atoms with E-state index in [0.717, 1.165) is 42.7 Å². The Bertz CT molecular complexity index is 548. The normalized spacial score (nSPS) is 13.1. The molecule has 0 bridgehead atoms. The molecule has 0 spiro atoms. The van der Waals surface area contributed by atoms with Gasteiger partial charge < -0.3 is 10.3 Å². The predicted molar refractivity (Wildman–Crippen MR) is 76.7 cm³/mol. The average molecular weight is 263 g/mol. The second kappa shape index (κ2) is 6.15. The molecule has 1 heterocycles. The molecule has 2 rings (SSSR count). The minimum absolute atomic E-state index is 0.212. The van der Waals surface area contributed by atoms with E-state index in [1.54, 1.807) is 12.1 Å². The van der Waals surface area contributed by atoms with Crippen LogP contribution in [0.2, 0.25) is 0 Å². The lowest BCUT2D eigenvalue weighted by Crippen LogP contribution is -2.17. The van der Waals surface area contributed by atoms with Gasteiger partial charge in [-0.3, -0.25) is 0 Å². The highest BCUT2D eigenvalue weighted by Crippen LogP contribution is 2.25. The summed E-state index contributed by atoms with van der Waals surface area (Å²) in [4.78, 5) is 4.68. The lowest BCUT2D eigenvalue weighted by atomic mass is 10.0. The van der Waals surface area contributed by atoms with Gasteiger partial charge in [-0.1, -0.05) is 20.3 Å². The summed E-state index contributed by atoms with van der Waals surface area (Å²) >= 11 is 0. The first kappa shape index (κ1) is 14.0. The van der Waals surface area contributed by atoms with E-state index in [2.05, 4.69) is 23.4 Å². The monoisotopic (exact) mass is 263 g/mol. The standard InChI is InChI=1S/C15H22FN3/c1-3-5-11(10-17)15-18-13-7-6-12(16)9-14(13)19(15)8-4-2/h6-7,9,11H,3-5,8,10,17H2,1-2H3. The molecule has 4 heteroatoms. The van der Waals surface area contributed by atoms with E-state index in [0.29, 0.717) is 6.54 Å². The molecule has 1 aromatic carbocycles. The van der Waals surface area contributed by atoms with Gasteiger partial charge in [0.05, 0.1) is 11.0 Å². The maximum atomic E-state index is 13.4. The van der Waals surface area contributed by atoms with Crippen molar-refractivity contribution in [2.75, 3.05) is 6.54 Å². The van der Waals surface area contributed by atoms with Crippen LogP contribution in [0.4, 0.5) is 4.39 Å². The van der Waals surface area contributed by atoms with Crippen LogP contribution in [-0.4, -0.2) is 16.1 Å². The van der Waals surface area contributed by atoms with Gasteiger partial charge >= 0.3 is 0 Å². The Balaban J connectivity index is 2.55. The van der Waals surface area contributed by atoms with Crippen LogP contribution >= 0.6 is 0 Å². The van der Waals surface area contributed by atoms with Crippen molar-refractivity contribution in [2.24, 2.45) is 5.73 Å². The average Bonchev–Trinajstić information content (AvgIpc) is 2.75. The third kappa shape index (κ3) is 2.78. The zero-order chi connectivity index (χ0) is 13.8. The van der Waals surface area contributed by atoms with Crippen molar-refractivity contribution in [3.8, 4) is 0 Å². The largest absolute Gasteiger partial charge is 0.330 e. The number of nitrogens with zero attached hydrogens (tertiary/aromatic N) is 2. The first-order valence-electron chi connectivity index (χ1n) is 7.07. The van der Waals surface area contributed by atoms with Crippen LogP contribution in [-0.2, 0) is 6.54 Å². The van der Waals surface area contributed by atoms with E-state index in [9.17, 15) is 4.39 Å². The number of aromatic nitrogens is 2. The Morgan fingerprint density at radius 1 is 1.32 bits per heavy atom.